The molecule has 1 N–H and O–H groups in total. The number of alkyl halides is 1. The molecule has 6 heteroatoms. The van der Waals surface area contributed by atoms with E-state index >= 15 is 0 Å². The van der Waals surface area contributed by atoms with Crippen molar-refractivity contribution in [3.8, 4) is 0 Å². The molecule has 2 atom stereocenters. The SMILES string of the molecule is CC(O)CCl.O=[PH2][O-].[Na+]. The Hall–Kier alpha value is 1.44. The maximum Gasteiger partial charge on any atom is 1.00 e. The topological polar surface area (TPSA) is 60.4 Å². The number of aliphatic hydroxyl groups excluding tert-OH is 1. The van der Waals surface area contributed by atoms with Crippen molar-refractivity contribution < 1.29 is 44.1 Å². The number of rotatable bonds is 1. The minimum absolute atomic E-state index is 0. The molecular weight excluding hydrogens is 173 g/mol. The predicted molar refractivity (Wildman–Crippen MR) is 32.8 cm³/mol. The van der Waals surface area contributed by atoms with Crippen molar-refractivity contribution >= 4 is 20.3 Å². The van der Waals surface area contributed by atoms with Crippen LogP contribution < -0.4 is 34.5 Å². The van der Waals surface area contributed by atoms with E-state index < -0.39 is 8.69 Å². The van der Waals surface area contributed by atoms with E-state index in [0.717, 1.165) is 0 Å². The summed E-state index contributed by atoms with van der Waals surface area (Å²) in [5.41, 5.74) is 0. The summed E-state index contributed by atoms with van der Waals surface area (Å²) in [5, 5.41) is 8.23. The first-order valence-corrected chi connectivity index (χ1v) is 3.46. The average Bonchev–Trinajstić information content (AvgIpc) is 1.69. The van der Waals surface area contributed by atoms with Crippen LogP contribution in [0.3, 0.4) is 0 Å². The first-order chi connectivity index (χ1) is 3.68. The summed E-state index contributed by atoms with van der Waals surface area (Å²) in [5.74, 6) is 0.333. The molecule has 0 aliphatic carbocycles. The average molecular weight is 183 g/mol. The molecular formula is C3H9ClNaO3P. The van der Waals surface area contributed by atoms with E-state index in [0.29, 0.717) is 5.88 Å². The van der Waals surface area contributed by atoms with Crippen LogP contribution in [0.25, 0.3) is 0 Å². The standard InChI is InChI=1S/C3H7ClO.Na.H3O2P/c1-3(5)2-4;;1-3-2/h3,5H,2H2,1H3;;3H2,(H,1,2)/q;+1;/p-1. The van der Waals surface area contributed by atoms with Crippen molar-refractivity contribution in [2.45, 2.75) is 13.0 Å². The molecule has 3 nitrogen and oxygen atoms in total. The van der Waals surface area contributed by atoms with Crippen molar-refractivity contribution in [3.63, 3.8) is 0 Å². The van der Waals surface area contributed by atoms with Gasteiger partial charge in [-0.2, -0.15) is 0 Å². The third kappa shape index (κ3) is 44.2. The van der Waals surface area contributed by atoms with Crippen LogP contribution in [-0.2, 0) is 4.57 Å². The summed E-state index contributed by atoms with van der Waals surface area (Å²) in [6.07, 6.45) is -0.350. The van der Waals surface area contributed by atoms with E-state index in [2.05, 4.69) is 0 Å². The molecule has 0 rings (SSSR count). The molecule has 0 saturated carbocycles. The third-order valence-electron chi connectivity index (χ3n) is 0.223. The van der Waals surface area contributed by atoms with Crippen molar-refractivity contribution in [1.82, 2.24) is 0 Å². The molecule has 0 radical (unpaired) electrons. The molecule has 9 heavy (non-hydrogen) atoms. The van der Waals surface area contributed by atoms with Gasteiger partial charge in [-0.15, -0.1) is 11.6 Å². The van der Waals surface area contributed by atoms with E-state index in [4.69, 9.17) is 26.2 Å². The largest absolute Gasteiger partial charge is 1.00 e. The summed E-state index contributed by atoms with van der Waals surface area (Å²) >= 11 is 5.09. The Bertz CT molecular complexity index is 54.3. The fourth-order valence-electron chi connectivity index (χ4n) is 0. The molecule has 0 amide bonds. The zero-order valence-electron chi connectivity index (χ0n) is 5.50. The van der Waals surface area contributed by atoms with Gasteiger partial charge in [-0.25, -0.2) is 0 Å². The fourth-order valence-corrected chi connectivity index (χ4v) is 0. The fraction of sp³-hybridized carbons (Fsp3) is 1.00. The molecule has 0 fully saturated rings. The Labute approximate surface area is 83.0 Å². The minimum atomic E-state index is -1.75. The summed E-state index contributed by atoms with van der Waals surface area (Å²) in [4.78, 5) is 8.46. The minimum Gasteiger partial charge on any atom is -0.804 e. The zero-order chi connectivity index (χ0) is 6.99. The summed E-state index contributed by atoms with van der Waals surface area (Å²) in [6.45, 7) is 1.65. The van der Waals surface area contributed by atoms with Gasteiger partial charge in [-0.05, 0) is 15.6 Å². The normalized spacial score (nSPS) is 11.6. The Morgan fingerprint density at radius 2 is 2.00 bits per heavy atom. The monoisotopic (exact) mass is 182 g/mol. The van der Waals surface area contributed by atoms with Crippen LogP contribution in [0.4, 0.5) is 0 Å². The molecule has 0 spiro atoms. The Kier molecular flexibility index (Phi) is 30.3. The van der Waals surface area contributed by atoms with E-state index in [1.165, 1.54) is 0 Å². The van der Waals surface area contributed by atoms with Crippen molar-refractivity contribution in [2.75, 3.05) is 5.88 Å². The third-order valence-corrected chi connectivity index (χ3v) is 0.670. The van der Waals surface area contributed by atoms with E-state index in [9.17, 15) is 0 Å². The van der Waals surface area contributed by atoms with Crippen LogP contribution in [0.1, 0.15) is 6.92 Å². The molecule has 0 aliphatic heterocycles. The number of aliphatic hydroxyl groups is 1. The van der Waals surface area contributed by atoms with Gasteiger partial charge in [0.25, 0.3) is 0 Å². The number of hydrogen-bond acceptors (Lipinski definition) is 3. The Morgan fingerprint density at radius 1 is 1.89 bits per heavy atom. The van der Waals surface area contributed by atoms with Crippen LogP contribution in [0, 0.1) is 0 Å². The second kappa shape index (κ2) is 16.2. The van der Waals surface area contributed by atoms with Gasteiger partial charge in [0.05, 0.1) is 6.10 Å². The maximum atomic E-state index is 8.46. The number of halogens is 1. The van der Waals surface area contributed by atoms with Crippen LogP contribution in [-0.4, -0.2) is 17.1 Å². The summed E-state index contributed by atoms with van der Waals surface area (Å²) in [7, 11) is -1.75. The van der Waals surface area contributed by atoms with Crippen molar-refractivity contribution in [3.05, 3.63) is 0 Å². The molecule has 0 aromatic carbocycles. The number of hydrogen-bond donors (Lipinski definition) is 1. The van der Waals surface area contributed by atoms with Crippen LogP contribution in [0.15, 0.2) is 0 Å². The summed E-state index contributed by atoms with van der Waals surface area (Å²) in [6, 6.07) is 0. The Morgan fingerprint density at radius 3 is 2.00 bits per heavy atom. The first-order valence-electron chi connectivity index (χ1n) is 1.98. The molecule has 0 aromatic rings. The van der Waals surface area contributed by atoms with Gasteiger partial charge >= 0.3 is 29.6 Å². The zero-order valence-corrected chi connectivity index (χ0v) is 9.41. The van der Waals surface area contributed by atoms with Crippen molar-refractivity contribution in [1.29, 1.82) is 0 Å². The van der Waals surface area contributed by atoms with Crippen LogP contribution >= 0.6 is 20.3 Å². The van der Waals surface area contributed by atoms with Crippen LogP contribution in [0.5, 0.6) is 0 Å². The molecule has 52 valence electrons. The summed E-state index contributed by atoms with van der Waals surface area (Å²) < 4.78 is 8.46. The van der Waals surface area contributed by atoms with Crippen LogP contribution in [0.2, 0.25) is 0 Å². The predicted octanol–water partition coefficient (Wildman–Crippen LogP) is -3.37. The van der Waals surface area contributed by atoms with E-state index in [1.54, 1.807) is 6.92 Å². The van der Waals surface area contributed by atoms with Gasteiger partial charge in [-0.3, -0.25) is 0 Å². The molecule has 0 aliphatic rings. The van der Waals surface area contributed by atoms with Gasteiger partial charge in [0.15, 0.2) is 0 Å². The molecule has 2 unspecified atom stereocenters. The van der Waals surface area contributed by atoms with Crippen molar-refractivity contribution in [2.24, 2.45) is 0 Å². The molecule has 0 heterocycles. The van der Waals surface area contributed by atoms with Gasteiger partial charge in [-0.1, -0.05) is 0 Å². The van der Waals surface area contributed by atoms with Gasteiger partial charge in [0.2, 0.25) is 0 Å². The molecule has 0 saturated heterocycles. The van der Waals surface area contributed by atoms with E-state index in [-0.39, 0.29) is 35.7 Å². The van der Waals surface area contributed by atoms with Gasteiger partial charge in [0, 0.05) is 5.88 Å². The molecule has 0 aromatic heterocycles. The molecule has 0 bridgehead atoms. The maximum absolute atomic E-state index is 8.46. The Balaban J connectivity index is -0.0000000800. The van der Waals surface area contributed by atoms with Gasteiger partial charge < -0.3 is 14.6 Å². The van der Waals surface area contributed by atoms with E-state index in [1.807, 2.05) is 0 Å². The second-order valence-electron chi connectivity index (χ2n) is 1.10. The smallest absolute Gasteiger partial charge is 0.804 e. The first kappa shape index (κ1) is 16.8. The second-order valence-corrected chi connectivity index (χ2v) is 1.60. The van der Waals surface area contributed by atoms with Gasteiger partial charge in [0.1, 0.15) is 0 Å². The quantitative estimate of drug-likeness (QED) is 0.262.